The maximum absolute atomic E-state index is 4.32. The quantitative estimate of drug-likeness (QED) is 0.770. The number of aryl methyl sites for hydroxylation is 1. The summed E-state index contributed by atoms with van der Waals surface area (Å²) in [5.41, 5.74) is 0. The van der Waals surface area contributed by atoms with Gasteiger partial charge in [0, 0.05) is 25.5 Å². The molecule has 1 N–H and O–H groups in total. The highest BCUT2D eigenvalue weighted by molar-refractivity contribution is 4.90. The van der Waals surface area contributed by atoms with Crippen molar-refractivity contribution in [1.29, 1.82) is 0 Å². The molecule has 92 valence electrons. The van der Waals surface area contributed by atoms with Crippen LogP contribution in [0.5, 0.6) is 0 Å². The number of aromatic nitrogens is 2. The first-order valence-corrected chi connectivity index (χ1v) is 6.36. The predicted octanol–water partition coefficient (Wildman–Crippen LogP) is 2.72. The fourth-order valence-electron chi connectivity index (χ4n) is 1.85. The van der Waals surface area contributed by atoms with Gasteiger partial charge in [-0.05, 0) is 18.8 Å². The van der Waals surface area contributed by atoms with Crippen LogP contribution < -0.4 is 5.32 Å². The lowest BCUT2D eigenvalue weighted by Gasteiger charge is -2.20. The highest BCUT2D eigenvalue weighted by Gasteiger charge is 2.10. The van der Waals surface area contributed by atoms with E-state index >= 15 is 0 Å². The summed E-state index contributed by atoms with van der Waals surface area (Å²) in [5, 5.41) is 3.59. The first-order valence-electron chi connectivity index (χ1n) is 6.36. The average molecular weight is 223 g/mol. The molecule has 0 spiro atoms. The number of nitrogens with zero attached hydrogens (tertiary/aromatic N) is 2. The second-order valence-electron chi connectivity index (χ2n) is 4.69. The van der Waals surface area contributed by atoms with Crippen molar-refractivity contribution in [3.05, 3.63) is 18.2 Å². The summed E-state index contributed by atoms with van der Waals surface area (Å²) in [6, 6.07) is 0.617. The van der Waals surface area contributed by atoms with E-state index in [9.17, 15) is 0 Å². The summed E-state index contributed by atoms with van der Waals surface area (Å²) < 4.78 is 2.07. The van der Waals surface area contributed by atoms with Crippen LogP contribution in [0.4, 0.5) is 0 Å². The smallest absolute Gasteiger partial charge is 0.122 e. The second-order valence-corrected chi connectivity index (χ2v) is 4.69. The van der Waals surface area contributed by atoms with E-state index in [-0.39, 0.29) is 0 Å². The van der Waals surface area contributed by atoms with Crippen LogP contribution in [0.3, 0.4) is 0 Å². The molecule has 0 aromatic carbocycles. The first kappa shape index (κ1) is 13.2. The molecule has 1 rings (SSSR count). The highest BCUT2D eigenvalue weighted by Crippen LogP contribution is 2.12. The van der Waals surface area contributed by atoms with Gasteiger partial charge in [-0.25, -0.2) is 4.98 Å². The molecule has 0 bridgehead atoms. The third kappa shape index (κ3) is 3.97. The molecule has 0 aliphatic heterocycles. The first-order chi connectivity index (χ1) is 7.67. The standard InChI is InChI=1S/C13H25N3/c1-5-11(3)9-12(6-2)15-10-13-14-7-8-16(13)4/h7-8,11-12,15H,5-6,9-10H2,1-4H3. The van der Waals surface area contributed by atoms with Gasteiger partial charge in [0.1, 0.15) is 5.82 Å². The van der Waals surface area contributed by atoms with E-state index in [1.54, 1.807) is 0 Å². The monoisotopic (exact) mass is 223 g/mol. The van der Waals surface area contributed by atoms with Gasteiger partial charge in [0.25, 0.3) is 0 Å². The van der Waals surface area contributed by atoms with E-state index in [4.69, 9.17) is 0 Å². The number of hydrogen-bond donors (Lipinski definition) is 1. The Labute approximate surface area is 99.3 Å². The van der Waals surface area contributed by atoms with Gasteiger partial charge in [-0.2, -0.15) is 0 Å². The largest absolute Gasteiger partial charge is 0.337 e. The fraction of sp³-hybridized carbons (Fsp3) is 0.769. The third-order valence-corrected chi connectivity index (χ3v) is 3.35. The Bertz CT molecular complexity index is 293. The zero-order valence-electron chi connectivity index (χ0n) is 11.0. The van der Waals surface area contributed by atoms with Gasteiger partial charge in [-0.15, -0.1) is 0 Å². The van der Waals surface area contributed by atoms with Crippen molar-refractivity contribution in [2.24, 2.45) is 13.0 Å². The minimum absolute atomic E-state index is 0.617. The molecule has 0 aliphatic rings. The maximum Gasteiger partial charge on any atom is 0.122 e. The summed E-state index contributed by atoms with van der Waals surface area (Å²) >= 11 is 0. The van der Waals surface area contributed by atoms with Crippen molar-refractivity contribution in [3.8, 4) is 0 Å². The molecule has 0 aliphatic carbocycles. The van der Waals surface area contributed by atoms with Crippen LogP contribution in [-0.2, 0) is 13.6 Å². The molecule has 0 radical (unpaired) electrons. The number of nitrogens with one attached hydrogen (secondary N) is 1. The molecular weight excluding hydrogens is 198 g/mol. The lowest BCUT2D eigenvalue weighted by molar-refractivity contribution is 0.379. The van der Waals surface area contributed by atoms with E-state index in [0.717, 1.165) is 18.3 Å². The number of imidazole rings is 1. The van der Waals surface area contributed by atoms with E-state index < -0.39 is 0 Å². The molecule has 0 fully saturated rings. The van der Waals surface area contributed by atoms with Gasteiger partial charge in [0.15, 0.2) is 0 Å². The van der Waals surface area contributed by atoms with Crippen molar-refractivity contribution < 1.29 is 0 Å². The van der Waals surface area contributed by atoms with Crippen LogP contribution in [0.25, 0.3) is 0 Å². The molecule has 0 saturated heterocycles. The summed E-state index contributed by atoms with van der Waals surface area (Å²) in [6.45, 7) is 7.71. The van der Waals surface area contributed by atoms with Crippen LogP contribution in [0.2, 0.25) is 0 Å². The molecule has 2 unspecified atom stereocenters. The van der Waals surface area contributed by atoms with Crippen molar-refractivity contribution in [2.75, 3.05) is 0 Å². The Morgan fingerprint density at radius 2 is 2.12 bits per heavy atom. The molecule has 0 saturated carbocycles. The molecule has 3 heteroatoms. The van der Waals surface area contributed by atoms with Gasteiger partial charge in [0.2, 0.25) is 0 Å². The Kier molecular flexibility index (Phi) is 5.53. The predicted molar refractivity (Wildman–Crippen MR) is 68.2 cm³/mol. The topological polar surface area (TPSA) is 29.9 Å². The molecule has 1 aromatic heterocycles. The molecule has 16 heavy (non-hydrogen) atoms. The van der Waals surface area contributed by atoms with Gasteiger partial charge in [0.05, 0.1) is 6.54 Å². The van der Waals surface area contributed by atoms with E-state index in [2.05, 4.69) is 35.6 Å². The average Bonchev–Trinajstić information content (AvgIpc) is 2.69. The Hall–Kier alpha value is -0.830. The Balaban J connectivity index is 2.37. The molecule has 1 aromatic rings. The summed E-state index contributed by atoms with van der Waals surface area (Å²) in [4.78, 5) is 4.32. The molecule has 3 nitrogen and oxygen atoms in total. The van der Waals surface area contributed by atoms with Crippen molar-refractivity contribution in [1.82, 2.24) is 14.9 Å². The normalized spacial score (nSPS) is 15.0. The minimum Gasteiger partial charge on any atom is -0.337 e. The Morgan fingerprint density at radius 3 is 2.62 bits per heavy atom. The SMILES string of the molecule is CCC(C)CC(CC)NCc1nccn1C. The fourth-order valence-corrected chi connectivity index (χ4v) is 1.85. The van der Waals surface area contributed by atoms with E-state index in [1.165, 1.54) is 19.3 Å². The maximum atomic E-state index is 4.32. The minimum atomic E-state index is 0.617. The zero-order valence-corrected chi connectivity index (χ0v) is 11.0. The molecule has 2 atom stereocenters. The third-order valence-electron chi connectivity index (χ3n) is 3.35. The van der Waals surface area contributed by atoms with E-state index in [0.29, 0.717) is 6.04 Å². The highest BCUT2D eigenvalue weighted by atomic mass is 15.1. The van der Waals surface area contributed by atoms with Crippen molar-refractivity contribution >= 4 is 0 Å². The van der Waals surface area contributed by atoms with Gasteiger partial charge in [-0.3, -0.25) is 0 Å². The van der Waals surface area contributed by atoms with Gasteiger partial charge < -0.3 is 9.88 Å². The number of hydrogen-bond acceptors (Lipinski definition) is 2. The summed E-state index contributed by atoms with van der Waals surface area (Å²) in [7, 11) is 2.04. The lowest BCUT2D eigenvalue weighted by atomic mass is 9.98. The van der Waals surface area contributed by atoms with Gasteiger partial charge in [-0.1, -0.05) is 27.2 Å². The van der Waals surface area contributed by atoms with Crippen molar-refractivity contribution in [3.63, 3.8) is 0 Å². The van der Waals surface area contributed by atoms with Crippen molar-refractivity contribution in [2.45, 2.75) is 52.6 Å². The number of rotatable bonds is 7. The summed E-state index contributed by atoms with van der Waals surface area (Å²) in [5.74, 6) is 1.92. The lowest BCUT2D eigenvalue weighted by Crippen LogP contribution is -2.30. The molecule has 1 heterocycles. The van der Waals surface area contributed by atoms with Crippen LogP contribution in [0.1, 0.15) is 45.9 Å². The van der Waals surface area contributed by atoms with Crippen LogP contribution in [0, 0.1) is 5.92 Å². The van der Waals surface area contributed by atoms with Crippen LogP contribution in [0.15, 0.2) is 12.4 Å². The Morgan fingerprint density at radius 1 is 1.38 bits per heavy atom. The second kappa shape index (κ2) is 6.69. The van der Waals surface area contributed by atoms with Crippen LogP contribution >= 0.6 is 0 Å². The van der Waals surface area contributed by atoms with Gasteiger partial charge >= 0.3 is 0 Å². The summed E-state index contributed by atoms with van der Waals surface area (Å²) in [6.07, 6.45) is 7.56. The molecule has 0 amide bonds. The van der Waals surface area contributed by atoms with E-state index in [1.807, 2.05) is 19.4 Å². The molecular formula is C13H25N3. The zero-order chi connectivity index (χ0) is 12.0. The van der Waals surface area contributed by atoms with Crippen LogP contribution in [-0.4, -0.2) is 15.6 Å².